The van der Waals surface area contributed by atoms with E-state index in [1.807, 2.05) is 21.8 Å². The zero-order valence-corrected chi connectivity index (χ0v) is 14.2. The molecule has 0 aromatic carbocycles. The average Bonchev–Trinajstić information content (AvgIpc) is 3.01. The molecule has 1 aromatic rings. The van der Waals surface area contributed by atoms with Crippen molar-refractivity contribution >= 4 is 30.7 Å². The van der Waals surface area contributed by atoms with Crippen molar-refractivity contribution < 1.29 is 9.53 Å². The van der Waals surface area contributed by atoms with Crippen molar-refractivity contribution in [2.24, 2.45) is 0 Å². The fourth-order valence-electron chi connectivity index (χ4n) is 2.93. The van der Waals surface area contributed by atoms with Gasteiger partial charge in [-0.3, -0.25) is 9.48 Å². The summed E-state index contributed by atoms with van der Waals surface area (Å²) in [6.45, 7) is 3.64. The highest BCUT2D eigenvalue weighted by molar-refractivity contribution is 5.85. The molecule has 3 rings (SSSR count). The summed E-state index contributed by atoms with van der Waals surface area (Å²) < 4.78 is 7.60. The van der Waals surface area contributed by atoms with Crippen LogP contribution < -0.4 is 5.32 Å². The Hall–Kier alpha value is -0.820. The largest absolute Gasteiger partial charge is 0.373 e. The smallest absolute Gasteiger partial charge is 0.239 e. The van der Waals surface area contributed by atoms with E-state index in [1.165, 1.54) is 6.42 Å². The van der Waals surface area contributed by atoms with Gasteiger partial charge in [0.25, 0.3) is 0 Å². The number of morpholine rings is 1. The van der Waals surface area contributed by atoms with E-state index in [1.54, 1.807) is 6.20 Å². The third-order valence-electron chi connectivity index (χ3n) is 4.01. The van der Waals surface area contributed by atoms with Gasteiger partial charge < -0.3 is 15.0 Å². The molecule has 3 heterocycles. The van der Waals surface area contributed by atoms with Gasteiger partial charge in [-0.2, -0.15) is 5.10 Å². The molecule has 8 heteroatoms. The molecule has 1 aromatic heterocycles. The Kier molecular flexibility index (Phi) is 8.17. The highest BCUT2D eigenvalue weighted by Crippen LogP contribution is 2.13. The second-order valence-corrected chi connectivity index (χ2v) is 5.51. The maximum atomic E-state index is 12.5. The topological polar surface area (TPSA) is 59.4 Å². The third kappa shape index (κ3) is 4.84. The Bertz CT molecular complexity index is 438. The van der Waals surface area contributed by atoms with Crippen LogP contribution in [0.2, 0.25) is 0 Å². The molecule has 2 fully saturated rings. The molecule has 0 radical (unpaired) electrons. The molecule has 0 saturated carbocycles. The van der Waals surface area contributed by atoms with Crippen molar-refractivity contribution in [3.63, 3.8) is 0 Å². The highest BCUT2D eigenvalue weighted by Gasteiger charge is 2.30. The second-order valence-electron chi connectivity index (χ2n) is 5.51. The van der Waals surface area contributed by atoms with E-state index in [-0.39, 0.29) is 42.9 Å². The van der Waals surface area contributed by atoms with Crippen molar-refractivity contribution in [2.45, 2.75) is 38.0 Å². The van der Waals surface area contributed by atoms with Crippen LogP contribution in [0.3, 0.4) is 0 Å². The zero-order chi connectivity index (χ0) is 13.8. The monoisotopic (exact) mass is 350 g/mol. The number of carbonyl (C=O) groups excluding carboxylic acids is 1. The molecular formula is C14H24Cl2N4O2. The summed E-state index contributed by atoms with van der Waals surface area (Å²) in [4.78, 5) is 14.4. The molecular weight excluding hydrogens is 327 g/mol. The standard InChI is InChI=1S/C14H22N4O2.2ClH/c19-14(13-4-1-2-5-15-13)17-8-9-20-12(10-17)11-18-7-3-6-16-18;;/h3,6-7,12-13,15H,1-2,4-5,8-11H2;2*1H/t12?,13-;;/m1../s1. The minimum atomic E-state index is 0. The number of hydrogen-bond donors (Lipinski definition) is 1. The first kappa shape index (κ1) is 19.2. The van der Waals surface area contributed by atoms with Crippen molar-refractivity contribution in [2.75, 3.05) is 26.2 Å². The zero-order valence-electron chi connectivity index (χ0n) is 12.5. The van der Waals surface area contributed by atoms with Gasteiger partial charge in [0, 0.05) is 25.5 Å². The van der Waals surface area contributed by atoms with Gasteiger partial charge in [0.1, 0.15) is 0 Å². The van der Waals surface area contributed by atoms with Crippen LogP contribution in [0.4, 0.5) is 0 Å². The average molecular weight is 351 g/mol. The Morgan fingerprint density at radius 2 is 2.23 bits per heavy atom. The molecule has 0 spiro atoms. The predicted octanol–water partition coefficient (Wildman–Crippen LogP) is 1.10. The second kappa shape index (κ2) is 9.35. The van der Waals surface area contributed by atoms with E-state index in [2.05, 4.69) is 10.4 Å². The number of nitrogens with one attached hydrogen (secondary N) is 1. The van der Waals surface area contributed by atoms with E-state index >= 15 is 0 Å². The summed E-state index contributed by atoms with van der Waals surface area (Å²) in [7, 11) is 0. The van der Waals surface area contributed by atoms with Crippen LogP contribution in [-0.4, -0.2) is 59.0 Å². The number of rotatable bonds is 3. The van der Waals surface area contributed by atoms with Crippen molar-refractivity contribution in [3.05, 3.63) is 18.5 Å². The van der Waals surface area contributed by atoms with Gasteiger partial charge in [-0.05, 0) is 25.5 Å². The van der Waals surface area contributed by atoms with Crippen molar-refractivity contribution in [1.29, 1.82) is 0 Å². The lowest BCUT2D eigenvalue weighted by atomic mass is 10.0. The summed E-state index contributed by atoms with van der Waals surface area (Å²) in [5.41, 5.74) is 0. The number of amides is 1. The van der Waals surface area contributed by atoms with Crippen LogP contribution >= 0.6 is 24.8 Å². The minimum absolute atomic E-state index is 0. The number of carbonyl (C=O) groups is 1. The van der Waals surface area contributed by atoms with Gasteiger partial charge in [0.05, 0.1) is 25.3 Å². The Labute approximate surface area is 143 Å². The van der Waals surface area contributed by atoms with Crippen LogP contribution in [0.15, 0.2) is 18.5 Å². The van der Waals surface area contributed by atoms with Gasteiger partial charge in [-0.25, -0.2) is 0 Å². The number of halogens is 2. The van der Waals surface area contributed by atoms with Gasteiger partial charge in [-0.15, -0.1) is 24.8 Å². The van der Waals surface area contributed by atoms with E-state index in [4.69, 9.17) is 4.74 Å². The Balaban J connectivity index is 0.00000121. The van der Waals surface area contributed by atoms with Gasteiger partial charge in [0.2, 0.25) is 5.91 Å². The minimum Gasteiger partial charge on any atom is -0.373 e. The quantitative estimate of drug-likeness (QED) is 0.886. The molecule has 6 nitrogen and oxygen atoms in total. The Morgan fingerprint density at radius 1 is 1.36 bits per heavy atom. The normalized spacial score (nSPS) is 25.0. The SMILES string of the molecule is Cl.Cl.O=C([C@H]1CCCCN1)N1CCOC(Cn2cccn2)C1. The lowest BCUT2D eigenvalue weighted by Crippen LogP contribution is -2.54. The number of aromatic nitrogens is 2. The summed E-state index contributed by atoms with van der Waals surface area (Å²) in [6, 6.07) is 1.91. The van der Waals surface area contributed by atoms with Gasteiger partial charge >= 0.3 is 0 Å². The fourth-order valence-corrected chi connectivity index (χ4v) is 2.93. The fraction of sp³-hybridized carbons (Fsp3) is 0.714. The number of ether oxygens (including phenoxy) is 1. The molecule has 2 aliphatic heterocycles. The summed E-state index contributed by atoms with van der Waals surface area (Å²) in [5.74, 6) is 0.235. The molecule has 1 amide bonds. The lowest BCUT2D eigenvalue weighted by Gasteiger charge is -2.36. The third-order valence-corrected chi connectivity index (χ3v) is 4.01. The first-order valence-corrected chi connectivity index (χ1v) is 7.44. The van der Waals surface area contributed by atoms with Crippen LogP contribution in [-0.2, 0) is 16.1 Å². The van der Waals surface area contributed by atoms with Crippen LogP contribution in [0, 0.1) is 0 Å². The first-order valence-electron chi connectivity index (χ1n) is 7.44. The summed E-state index contributed by atoms with van der Waals surface area (Å²) in [6.07, 6.45) is 7.00. The van der Waals surface area contributed by atoms with Crippen LogP contribution in [0.25, 0.3) is 0 Å². The van der Waals surface area contributed by atoms with Crippen LogP contribution in [0.5, 0.6) is 0 Å². The number of nitrogens with zero attached hydrogens (tertiary/aromatic N) is 3. The maximum Gasteiger partial charge on any atom is 0.239 e. The molecule has 1 N–H and O–H groups in total. The molecule has 0 aliphatic carbocycles. The van der Waals surface area contributed by atoms with Gasteiger partial charge in [-0.1, -0.05) is 6.42 Å². The van der Waals surface area contributed by atoms with E-state index < -0.39 is 0 Å². The van der Waals surface area contributed by atoms with E-state index in [0.717, 1.165) is 19.4 Å². The van der Waals surface area contributed by atoms with Gasteiger partial charge in [0.15, 0.2) is 0 Å². The van der Waals surface area contributed by atoms with E-state index in [0.29, 0.717) is 26.2 Å². The maximum absolute atomic E-state index is 12.5. The molecule has 2 saturated heterocycles. The van der Waals surface area contributed by atoms with E-state index in [9.17, 15) is 4.79 Å². The Morgan fingerprint density at radius 3 is 2.91 bits per heavy atom. The molecule has 2 aliphatic rings. The first-order chi connectivity index (χ1) is 9.83. The number of piperidine rings is 1. The van der Waals surface area contributed by atoms with Crippen molar-refractivity contribution in [1.82, 2.24) is 20.0 Å². The lowest BCUT2D eigenvalue weighted by molar-refractivity contribution is -0.142. The van der Waals surface area contributed by atoms with Crippen LogP contribution in [0.1, 0.15) is 19.3 Å². The summed E-state index contributed by atoms with van der Waals surface area (Å²) >= 11 is 0. The number of hydrogen-bond acceptors (Lipinski definition) is 4. The molecule has 22 heavy (non-hydrogen) atoms. The molecule has 1 unspecified atom stereocenters. The predicted molar refractivity (Wildman–Crippen MR) is 88.7 cm³/mol. The highest BCUT2D eigenvalue weighted by atomic mass is 35.5. The van der Waals surface area contributed by atoms with Crippen molar-refractivity contribution in [3.8, 4) is 0 Å². The molecule has 126 valence electrons. The molecule has 2 atom stereocenters. The molecule has 0 bridgehead atoms. The summed E-state index contributed by atoms with van der Waals surface area (Å²) in [5, 5.41) is 7.52.